The summed E-state index contributed by atoms with van der Waals surface area (Å²) in [6, 6.07) is 12.6. The molecule has 134 valence electrons. The summed E-state index contributed by atoms with van der Waals surface area (Å²) in [7, 11) is 0. The maximum Gasteiger partial charge on any atom is 0.279 e. The van der Waals surface area contributed by atoms with Crippen LogP contribution in [-0.2, 0) is 0 Å². The maximum absolute atomic E-state index is 12.5. The minimum absolute atomic E-state index is 0.183. The van der Waals surface area contributed by atoms with Gasteiger partial charge in [0.1, 0.15) is 0 Å². The van der Waals surface area contributed by atoms with Gasteiger partial charge in [-0.25, -0.2) is 4.98 Å². The zero-order chi connectivity index (χ0) is 18.8. The number of aryl methyl sites for hydroxylation is 1. The summed E-state index contributed by atoms with van der Waals surface area (Å²) in [6.45, 7) is 1.95. The van der Waals surface area contributed by atoms with Gasteiger partial charge in [-0.05, 0) is 31.2 Å². The zero-order valence-electron chi connectivity index (χ0n) is 14.1. The Morgan fingerprint density at radius 3 is 2.59 bits per heavy atom. The maximum atomic E-state index is 12.5. The number of pyridine rings is 1. The van der Waals surface area contributed by atoms with Crippen molar-refractivity contribution in [2.45, 2.75) is 6.92 Å². The highest BCUT2D eigenvalue weighted by Gasteiger charge is 2.17. The lowest BCUT2D eigenvalue weighted by Gasteiger charge is -1.99. The van der Waals surface area contributed by atoms with Crippen LogP contribution in [0.15, 0.2) is 59.4 Å². The summed E-state index contributed by atoms with van der Waals surface area (Å²) in [5.41, 5.74) is 2.73. The number of carbonyl (C=O) groups excluding carboxylic acids is 1. The van der Waals surface area contributed by atoms with Crippen LogP contribution in [0, 0.1) is 6.92 Å². The summed E-state index contributed by atoms with van der Waals surface area (Å²) in [4.78, 5) is 21.9. The standard InChI is InChI=1S/C19H13ClN4O2S/c1-11-17(13-2-4-14(20)5-3-13)22-19(27-11)23-18(25)15-10-16(26-24-15)12-6-8-21-9-7-12/h2-10H,1H3,(H,22,23,25). The van der Waals surface area contributed by atoms with Gasteiger partial charge in [0, 0.05) is 39.5 Å². The Balaban J connectivity index is 1.53. The van der Waals surface area contributed by atoms with Crippen LogP contribution in [0.25, 0.3) is 22.6 Å². The van der Waals surface area contributed by atoms with Gasteiger partial charge in [-0.15, -0.1) is 11.3 Å². The number of hydrogen-bond donors (Lipinski definition) is 1. The smallest absolute Gasteiger partial charge is 0.279 e. The third-order valence-electron chi connectivity index (χ3n) is 3.84. The third kappa shape index (κ3) is 3.74. The van der Waals surface area contributed by atoms with Gasteiger partial charge in [-0.1, -0.05) is 28.9 Å². The highest BCUT2D eigenvalue weighted by atomic mass is 35.5. The molecule has 0 aliphatic heterocycles. The van der Waals surface area contributed by atoms with Crippen molar-refractivity contribution < 1.29 is 9.32 Å². The van der Waals surface area contributed by atoms with E-state index in [-0.39, 0.29) is 11.6 Å². The highest BCUT2D eigenvalue weighted by molar-refractivity contribution is 7.16. The number of aromatic nitrogens is 3. The molecule has 0 radical (unpaired) electrons. The molecule has 6 nitrogen and oxygen atoms in total. The van der Waals surface area contributed by atoms with E-state index in [1.165, 1.54) is 11.3 Å². The Morgan fingerprint density at radius 1 is 1.11 bits per heavy atom. The second-order valence-corrected chi connectivity index (χ2v) is 7.34. The van der Waals surface area contributed by atoms with Crippen molar-refractivity contribution >= 4 is 34.0 Å². The summed E-state index contributed by atoms with van der Waals surface area (Å²) < 4.78 is 5.25. The van der Waals surface area contributed by atoms with Gasteiger partial charge in [-0.2, -0.15) is 0 Å². The molecule has 3 heterocycles. The fourth-order valence-corrected chi connectivity index (χ4v) is 3.48. The van der Waals surface area contributed by atoms with Crippen LogP contribution < -0.4 is 5.32 Å². The largest absolute Gasteiger partial charge is 0.355 e. The highest BCUT2D eigenvalue weighted by Crippen LogP contribution is 2.31. The summed E-state index contributed by atoms with van der Waals surface area (Å²) in [5.74, 6) is 0.121. The number of halogens is 1. The van der Waals surface area contributed by atoms with E-state index in [9.17, 15) is 4.79 Å². The molecule has 27 heavy (non-hydrogen) atoms. The van der Waals surface area contributed by atoms with Crippen LogP contribution in [-0.4, -0.2) is 21.0 Å². The van der Waals surface area contributed by atoms with Crippen LogP contribution in [0.3, 0.4) is 0 Å². The van der Waals surface area contributed by atoms with Crippen LogP contribution in [0.2, 0.25) is 5.02 Å². The van der Waals surface area contributed by atoms with Gasteiger partial charge in [0.05, 0.1) is 5.69 Å². The van der Waals surface area contributed by atoms with Gasteiger partial charge >= 0.3 is 0 Å². The molecule has 1 amide bonds. The molecule has 0 unspecified atom stereocenters. The van der Waals surface area contributed by atoms with Crippen LogP contribution in [0.4, 0.5) is 5.13 Å². The van der Waals surface area contributed by atoms with Crippen molar-refractivity contribution in [3.8, 4) is 22.6 Å². The number of thiazole rings is 1. The van der Waals surface area contributed by atoms with E-state index in [1.54, 1.807) is 30.6 Å². The van der Waals surface area contributed by atoms with Gasteiger partial charge in [0.25, 0.3) is 5.91 Å². The number of carbonyl (C=O) groups is 1. The van der Waals surface area contributed by atoms with Crippen LogP contribution >= 0.6 is 22.9 Å². The van der Waals surface area contributed by atoms with Crippen molar-refractivity contribution in [1.82, 2.24) is 15.1 Å². The second-order valence-electron chi connectivity index (χ2n) is 5.70. The lowest BCUT2D eigenvalue weighted by atomic mass is 10.1. The molecule has 8 heteroatoms. The minimum atomic E-state index is -0.379. The normalized spacial score (nSPS) is 10.7. The first-order chi connectivity index (χ1) is 13.1. The molecule has 0 fully saturated rings. The quantitative estimate of drug-likeness (QED) is 0.520. The summed E-state index contributed by atoms with van der Waals surface area (Å²) in [6.07, 6.45) is 3.29. The molecule has 0 spiro atoms. The molecule has 4 aromatic rings. The Kier molecular flexibility index (Phi) is 4.70. The number of nitrogens with zero attached hydrogens (tertiary/aromatic N) is 3. The van der Waals surface area contributed by atoms with E-state index >= 15 is 0 Å². The molecule has 0 saturated heterocycles. The topological polar surface area (TPSA) is 80.9 Å². The van der Waals surface area contributed by atoms with Crippen molar-refractivity contribution in [3.05, 3.63) is 70.5 Å². The molecular weight excluding hydrogens is 384 g/mol. The minimum Gasteiger partial charge on any atom is -0.355 e. The number of rotatable bonds is 4. The molecule has 0 atom stereocenters. The number of amides is 1. The molecule has 1 aromatic carbocycles. The zero-order valence-corrected chi connectivity index (χ0v) is 15.7. The van der Waals surface area contributed by atoms with Gasteiger partial charge < -0.3 is 4.52 Å². The molecule has 1 N–H and O–H groups in total. The molecule has 0 bridgehead atoms. The van der Waals surface area contributed by atoms with Gasteiger partial charge in [0.2, 0.25) is 0 Å². The predicted octanol–water partition coefficient (Wildman–Crippen LogP) is 5.07. The SMILES string of the molecule is Cc1sc(NC(=O)c2cc(-c3ccncc3)on2)nc1-c1ccc(Cl)cc1. The third-order valence-corrected chi connectivity index (χ3v) is 4.98. The fourth-order valence-electron chi connectivity index (χ4n) is 2.52. The molecule has 0 aliphatic rings. The van der Waals surface area contributed by atoms with Crippen molar-refractivity contribution in [2.75, 3.05) is 5.32 Å². The monoisotopic (exact) mass is 396 g/mol. The predicted molar refractivity (Wildman–Crippen MR) is 105 cm³/mol. The van der Waals surface area contributed by atoms with E-state index in [0.717, 1.165) is 21.7 Å². The first kappa shape index (κ1) is 17.4. The van der Waals surface area contributed by atoms with Crippen molar-refractivity contribution in [2.24, 2.45) is 0 Å². The lowest BCUT2D eigenvalue weighted by Crippen LogP contribution is -2.11. The Labute approximate surface area is 163 Å². The average Bonchev–Trinajstić information content (AvgIpc) is 3.30. The Morgan fingerprint density at radius 2 is 1.85 bits per heavy atom. The lowest BCUT2D eigenvalue weighted by molar-refractivity contribution is 0.101. The van der Waals surface area contributed by atoms with E-state index in [1.807, 2.05) is 31.2 Å². The Hall–Kier alpha value is -3.03. The van der Waals surface area contributed by atoms with Gasteiger partial charge in [-0.3, -0.25) is 15.1 Å². The summed E-state index contributed by atoms with van der Waals surface area (Å²) in [5, 5.41) is 7.77. The number of anilines is 1. The van der Waals surface area contributed by atoms with E-state index in [4.69, 9.17) is 16.1 Å². The van der Waals surface area contributed by atoms with Gasteiger partial charge in [0.15, 0.2) is 16.6 Å². The fraction of sp³-hybridized carbons (Fsp3) is 0.0526. The molecular formula is C19H13ClN4O2S. The van der Waals surface area contributed by atoms with Crippen molar-refractivity contribution in [3.63, 3.8) is 0 Å². The first-order valence-electron chi connectivity index (χ1n) is 8.02. The van der Waals surface area contributed by atoms with Crippen molar-refractivity contribution in [1.29, 1.82) is 0 Å². The van der Waals surface area contributed by atoms with Crippen LogP contribution in [0.1, 0.15) is 15.4 Å². The number of hydrogen-bond acceptors (Lipinski definition) is 6. The number of benzene rings is 1. The molecule has 3 aromatic heterocycles. The molecule has 4 rings (SSSR count). The second kappa shape index (κ2) is 7.30. The Bertz CT molecular complexity index is 1090. The molecule has 0 aliphatic carbocycles. The first-order valence-corrected chi connectivity index (χ1v) is 9.21. The van der Waals surface area contributed by atoms with E-state index in [0.29, 0.717) is 15.9 Å². The average molecular weight is 397 g/mol. The number of nitrogens with one attached hydrogen (secondary N) is 1. The molecule has 0 saturated carbocycles. The summed E-state index contributed by atoms with van der Waals surface area (Å²) >= 11 is 7.33. The van der Waals surface area contributed by atoms with E-state index in [2.05, 4.69) is 20.4 Å². The van der Waals surface area contributed by atoms with Crippen LogP contribution in [0.5, 0.6) is 0 Å². The van der Waals surface area contributed by atoms with E-state index < -0.39 is 0 Å².